The van der Waals surface area contributed by atoms with Crippen LogP contribution in [0.1, 0.15) is 45.6 Å². The maximum absolute atomic E-state index is 13.4. The number of halogens is 1. The number of rotatable bonds is 0. The van der Waals surface area contributed by atoms with Crippen LogP contribution in [0.5, 0.6) is 0 Å². The molecule has 1 unspecified atom stereocenters. The average Bonchev–Trinajstić information content (AvgIpc) is 2.53. The third-order valence-electron chi connectivity index (χ3n) is 4.43. The van der Waals surface area contributed by atoms with E-state index in [2.05, 4.69) is 20.8 Å². The predicted molar refractivity (Wildman–Crippen MR) is 68.5 cm³/mol. The summed E-state index contributed by atoms with van der Waals surface area (Å²) in [4.78, 5) is 4.79. The lowest BCUT2D eigenvalue weighted by atomic mass is 9.61. The fourth-order valence-corrected chi connectivity index (χ4v) is 3.57. The van der Waals surface area contributed by atoms with Crippen LogP contribution in [0.15, 0.2) is 23.2 Å². The molecule has 1 saturated carbocycles. The zero-order chi connectivity index (χ0) is 12.3. The Hall–Kier alpha value is -1.18. The van der Waals surface area contributed by atoms with Crippen molar-refractivity contribution in [3.63, 3.8) is 0 Å². The normalized spacial score (nSPS) is 29.5. The molecule has 3 rings (SSSR count). The first-order valence-electron chi connectivity index (χ1n) is 6.33. The summed E-state index contributed by atoms with van der Waals surface area (Å²) in [6.45, 7) is 6.73. The van der Waals surface area contributed by atoms with Gasteiger partial charge in [0.1, 0.15) is 5.82 Å². The molecule has 0 spiro atoms. The lowest BCUT2D eigenvalue weighted by molar-refractivity contribution is 0.349. The van der Waals surface area contributed by atoms with Gasteiger partial charge in [0, 0.05) is 16.5 Å². The van der Waals surface area contributed by atoms with Crippen molar-refractivity contribution >= 4 is 11.4 Å². The van der Waals surface area contributed by atoms with Gasteiger partial charge in [0.15, 0.2) is 0 Å². The van der Waals surface area contributed by atoms with Gasteiger partial charge < -0.3 is 0 Å². The fraction of sp³-hybridized carbons (Fsp3) is 0.533. The zero-order valence-electron chi connectivity index (χ0n) is 10.7. The molecule has 17 heavy (non-hydrogen) atoms. The van der Waals surface area contributed by atoms with Crippen molar-refractivity contribution in [1.29, 1.82) is 0 Å². The SMILES string of the molecule is CC1(C)CCCC2(C)C1=Nc1ccc(F)cc12. The van der Waals surface area contributed by atoms with Crippen LogP contribution >= 0.6 is 0 Å². The van der Waals surface area contributed by atoms with Crippen molar-refractivity contribution in [1.82, 2.24) is 0 Å². The Morgan fingerprint density at radius 3 is 2.71 bits per heavy atom. The van der Waals surface area contributed by atoms with Crippen LogP contribution in [0.25, 0.3) is 0 Å². The van der Waals surface area contributed by atoms with Crippen molar-refractivity contribution in [3.05, 3.63) is 29.6 Å². The molecule has 1 aliphatic carbocycles. The summed E-state index contributed by atoms with van der Waals surface area (Å²) in [6.07, 6.45) is 3.46. The maximum atomic E-state index is 13.4. The van der Waals surface area contributed by atoms with E-state index in [1.807, 2.05) is 6.07 Å². The monoisotopic (exact) mass is 231 g/mol. The van der Waals surface area contributed by atoms with Crippen molar-refractivity contribution in [2.75, 3.05) is 0 Å². The molecule has 90 valence electrons. The molecular formula is C15H18FN. The van der Waals surface area contributed by atoms with Crippen molar-refractivity contribution < 1.29 is 4.39 Å². The maximum Gasteiger partial charge on any atom is 0.123 e. The van der Waals surface area contributed by atoms with Crippen LogP contribution in [0.4, 0.5) is 10.1 Å². The Morgan fingerprint density at radius 2 is 1.94 bits per heavy atom. The summed E-state index contributed by atoms with van der Waals surface area (Å²) in [5.74, 6) is -0.148. The highest BCUT2D eigenvalue weighted by molar-refractivity contribution is 6.05. The smallest absolute Gasteiger partial charge is 0.123 e. The number of hydrogen-bond donors (Lipinski definition) is 0. The van der Waals surface area contributed by atoms with Gasteiger partial charge >= 0.3 is 0 Å². The molecule has 1 fully saturated rings. The molecule has 0 saturated heterocycles. The van der Waals surface area contributed by atoms with E-state index in [4.69, 9.17) is 4.99 Å². The third kappa shape index (κ3) is 1.39. The number of fused-ring (bicyclic) bond motifs is 3. The second-order valence-corrected chi connectivity index (χ2v) is 6.19. The predicted octanol–water partition coefficient (Wildman–Crippen LogP) is 4.38. The summed E-state index contributed by atoms with van der Waals surface area (Å²) in [5, 5.41) is 0. The van der Waals surface area contributed by atoms with E-state index in [1.165, 1.54) is 24.6 Å². The van der Waals surface area contributed by atoms with E-state index in [1.54, 1.807) is 6.07 Å². The van der Waals surface area contributed by atoms with Crippen molar-refractivity contribution in [3.8, 4) is 0 Å². The van der Waals surface area contributed by atoms with Crippen molar-refractivity contribution in [2.24, 2.45) is 10.4 Å². The fourth-order valence-electron chi connectivity index (χ4n) is 3.57. The van der Waals surface area contributed by atoms with Gasteiger partial charge in [0.05, 0.1) is 5.69 Å². The van der Waals surface area contributed by atoms with E-state index >= 15 is 0 Å². The summed E-state index contributed by atoms with van der Waals surface area (Å²) in [6, 6.07) is 5.00. The average molecular weight is 231 g/mol. The van der Waals surface area contributed by atoms with E-state index in [0.29, 0.717) is 0 Å². The Labute approximate surface area is 102 Å². The molecule has 1 nitrogen and oxygen atoms in total. The highest BCUT2D eigenvalue weighted by Crippen LogP contribution is 2.52. The Bertz CT molecular complexity index is 516. The summed E-state index contributed by atoms with van der Waals surface area (Å²) in [5.41, 5.74) is 3.40. The van der Waals surface area contributed by atoms with Gasteiger partial charge in [0.2, 0.25) is 0 Å². The minimum Gasteiger partial charge on any atom is -0.256 e. The molecule has 2 heteroatoms. The quantitative estimate of drug-likeness (QED) is 0.628. The molecule has 0 aromatic heterocycles. The molecule has 1 aromatic rings. The Morgan fingerprint density at radius 1 is 1.18 bits per heavy atom. The number of benzene rings is 1. The standard InChI is InChI=1S/C15H18FN/c1-14(2)7-4-8-15(3)11-9-10(16)5-6-12(11)17-13(14)15/h5-6,9H,4,7-8H2,1-3H3. The summed E-state index contributed by atoms with van der Waals surface area (Å²) >= 11 is 0. The zero-order valence-corrected chi connectivity index (χ0v) is 10.7. The second kappa shape index (κ2) is 3.18. The van der Waals surface area contributed by atoms with Gasteiger partial charge in [-0.25, -0.2) is 4.39 Å². The highest BCUT2D eigenvalue weighted by atomic mass is 19.1. The third-order valence-corrected chi connectivity index (χ3v) is 4.43. The van der Waals surface area contributed by atoms with Crippen LogP contribution in [0, 0.1) is 11.2 Å². The van der Waals surface area contributed by atoms with E-state index in [-0.39, 0.29) is 16.6 Å². The number of aliphatic imine (C=N–C) groups is 1. The largest absolute Gasteiger partial charge is 0.256 e. The molecule has 1 aromatic carbocycles. The van der Waals surface area contributed by atoms with Crippen LogP contribution in [-0.4, -0.2) is 5.71 Å². The number of hydrogen-bond acceptors (Lipinski definition) is 1. The lowest BCUT2D eigenvalue weighted by Crippen LogP contribution is -2.43. The van der Waals surface area contributed by atoms with Gasteiger partial charge in [-0.1, -0.05) is 27.2 Å². The lowest BCUT2D eigenvalue weighted by Gasteiger charge is -2.41. The minimum atomic E-state index is -0.148. The molecule has 2 aliphatic rings. The van der Waals surface area contributed by atoms with Gasteiger partial charge in [-0.3, -0.25) is 4.99 Å². The number of nitrogens with zero attached hydrogens (tertiary/aromatic N) is 1. The molecule has 0 radical (unpaired) electrons. The molecule has 0 N–H and O–H groups in total. The Balaban J connectivity index is 2.21. The first-order valence-corrected chi connectivity index (χ1v) is 6.33. The van der Waals surface area contributed by atoms with Crippen LogP contribution < -0.4 is 0 Å². The molecule has 1 heterocycles. The van der Waals surface area contributed by atoms with E-state index < -0.39 is 0 Å². The van der Waals surface area contributed by atoms with Crippen molar-refractivity contribution in [2.45, 2.75) is 45.4 Å². The first-order chi connectivity index (χ1) is 7.93. The minimum absolute atomic E-state index is 0.0425. The topological polar surface area (TPSA) is 12.4 Å². The van der Waals surface area contributed by atoms with Gasteiger partial charge in [0.25, 0.3) is 0 Å². The first kappa shape index (κ1) is 10.9. The highest BCUT2D eigenvalue weighted by Gasteiger charge is 2.48. The molecule has 0 amide bonds. The van der Waals surface area contributed by atoms with Gasteiger partial charge in [-0.15, -0.1) is 0 Å². The van der Waals surface area contributed by atoms with E-state index in [9.17, 15) is 4.39 Å². The molecule has 0 bridgehead atoms. The van der Waals surface area contributed by atoms with Crippen LogP contribution in [0.3, 0.4) is 0 Å². The molecule has 1 aliphatic heterocycles. The Kier molecular flexibility index (Phi) is 2.05. The molecular weight excluding hydrogens is 213 g/mol. The van der Waals surface area contributed by atoms with Crippen LogP contribution in [-0.2, 0) is 5.41 Å². The van der Waals surface area contributed by atoms with Crippen LogP contribution in [0.2, 0.25) is 0 Å². The van der Waals surface area contributed by atoms with E-state index in [0.717, 1.165) is 17.7 Å². The van der Waals surface area contributed by atoms with Gasteiger partial charge in [-0.2, -0.15) is 0 Å². The van der Waals surface area contributed by atoms with Gasteiger partial charge in [-0.05, 0) is 36.6 Å². The molecule has 1 atom stereocenters. The summed E-state index contributed by atoms with van der Waals surface area (Å²) in [7, 11) is 0. The second-order valence-electron chi connectivity index (χ2n) is 6.19. The summed E-state index contributed by atoms with van der Waals surface area (Å²) < 4.78 is 13.4.